The Balaban J connectivity index is 2.98. The summed E-state index contributed by atoms with van der Waals surface area (Å²) >= 11 is 1.53. The van der Waals surface area contributed by atoms with Crippen molar-refractivity contribution in [3.05, 3.63) is 23.9 Å². The molecule has 52 valence electrons. The molecule has 0 spiro atoms. The lowest BCUT2D eigenvalue weighted by molar-refractivity contribution is 0.111. The van der Waals surface area contributed by atoms with Crippen molar-refractivity contribution in [2.24, 2.45) is 0 Å². The van der Waals surface area contributed by atoms with Gasteiger partial charge in [-0.15, -0.1) is 11.8 Å². The molecule has 1 rings (SSSR count). The van der Waals surface area contributed by atoms with E-state index in [1.54, 1.807) is 6.07 Å². The van der Waals surface area contributed by atoms with Crippen molar-refractivity contribution in [1.29, 1.82) is 0 Å². The van der Waals surface area contributed by atoms with Crippen LogP contribution < -0.4 is 0 Å². The average Bonchev–Trinajstić information content (AvgIpc) is 2.05. The number of carbonyl (C=O) groups is 1. The highest BCUT2D eigenvalue weighted by Crippen LogP contribution is 2.09. The molecule has 0 radical (unpaired) electrons. The number of aldehydes is 1. The van der Waals surface area contributed by atoms with Crippen LogP contribution >= 0.6 is 11.8 Å². The first-order valence-corrected chi connectivity index (χ1v) is 4.05. The number of carbonyl (C=O) groups excluding carboxylic acids is 1. The minimum atomic E-state index is 0.492. The zero-order valence-corrected chi connectivity index (χ0v) is 6.39. The second-order valence-electron chi connectivity index (χ2n) is 1.72. The molecule has 0 fully saturated rings. The van der Waals surface area contributed by atoms with Gasteiger partial charge in [0, 0.05) is 0 Å². The van der Waals surface area contributed by atoms with Crippen LogP contribution in [0.3, 0.4) is 0 Å². The van der Waals surface area contributed by atoms with Gasteiger partial charge in [0.1, 0.15) is 5.69 Å². The quantitative estimate of drug-likeness (QED) is 0.477. The Morgan fingerprint density at radius 3 is 3.00 bits per heavy atom. The van der Waals surface area contributed by atoms with Crippen molar-refractivity contribution in [3.8, 4) is 0 Å². The number of hydrogen-bond donors (Lipinski definition) is 0. The molecule has 0 bridgehead atoms. The van der Waals surface area contributed by atoms with Gasteiger partial charge in [0.25, 0.3) is 0 Å². The summed E-state index contributed by atoms with van der Waals surface area (Å²) in [6.45, 7) is 0. The molecule has 0 unspecified atom stereocenters. The van der Waals surface area contributed by atoms with Crippen LogP contribution in [0.5, 0.6) is 0 Å². The molecular formula is C7H7NOS. The molecule has 3 heteroatoms. The lowest BCUT2D eigenvalue weighted by Crippen LogP contribution is -1.86. The molecule has 1 heterocycles. The first-order valence-electron chi connectivity index (χ1n) is 2.83. The van der Waals surface area contributed by atoms with Crippen LogP contribution in [0.1, 0.15) is 10.5 Å². The minimum absolute atomic E-state index is 0.492. The van der Waals surface area contributed by atoms with Crippen LogP contribution in [0.25, 0.3) is 0 Å². The highest BCUT2D eigenvalue weighted by atomic mass is 32.2. The maximum atomic E-state index is 10.2. The summed E-state index contributed by atoms with van der Waals surface area (Å²) in [7, 11) is 0. The Bertz CT molecular complexity index is 237. The third kappa shape index (κ3) is 1.57. The van der Waals surface area contributed by atoms with E-state index in [-0.39, 0.29) is 0 Å². The molecular weight excluding hydrogens is 146 g/mol. The SMILES string of the molecule is CSc1cccc(C=O)n1. The summed E-state index contributed by atoms with van der Waals surface area (Å²) in [4.78, 5) is 14.2. The summed E-state index contributed by atoms with van der Waals surface area (Å²) in [5.41, 5.74) is 0.492. The van der Waals surface area contributed by atoms with Crippen LogP contribution in [-0.2, 0) is 0 Å². The lowest BCUT2D eigenvalue weighted by Gasteiger charge is -1.93. The van der Waals surface area contributed by atoms with E-state index in [4.69, 9.17) is 0 Å². The van der Waals surface area contributed by atoms with Crippen molar-refractivity contribution >= 4 is 18.0 Å². The minimum Gasteiger partial charge on any atom is -0.296 e. The van der Waals surface area contributed by atoms with E-state index in [1.807, 2.05) is 18.4 Å². The monoisotopic (exact) mass is 153 g/mol. The van der Waals surface area contributed by atoms with E-state index in [0.29, 0.717) is 5.69 Å². The normalized spacial score (nSPS) is 9.30. The van der Waals surface area contributed by atoms with Crippen molar-refractivity contribution in [1.82, 2.24) is 4.98 Å². The Morgan fingerprint density at radius 2 is 2.40 bits per heavy atom. The predicted octanol–water partition coefficient (Wildman–Crippen LogP) is 1.62. The molecule has 0 atom stereocenters. The van der Waals surface area contributed by atoms with Gasteiger partial charge in [-0.05, 0) is 18.4 Å². The first-order chi connectivity index (χ1) is 4.86. The largest absolute Gasteiger partial charge is 0.296 e. The summed E-state index contributed by atoms with van der Waals surface area (Å²) in [6, 6.07) is 5.38. The zero-order valence-electron chi connectivity index (χ0n) is 5.57. The molecule has 0 saturated heterocycles. The van der Waals surface area contributed by atoms with Crippen LogP contribution in [-0.4, -0.2) is 17.5 Å². The molecule has 1 aromatic heterocycles. The maximum Gasteiger partial charge on any atom is 0.168 e. The molecule has 1 aromatic rings. The van der Waals surface area contributed by atoms with Gasteiger partial charge >= 0.3 is 0 Å². The number of rotatable bonds is 2. The number of thioether (sulfide) groups is 1. The summed E-state index contributed by atoms with van der Waals surface area (Å²) in [5, 5.41) is 0.879. The van der Waals surface area contributed by atoms with Gasteiger partial charge in [0.05, 0.1) is 5.03 Å². The van der Waals surface area contributed by atoms with E-state index in [1.165, 1.54) is 11.8 Å². The molecule has 0 N–H and O–H groups in total. The summed E-state index contributed by atoms with van der Waals surface area (Å²) < 4.78 is 0. The van der Waals surface area contributed by atoms with Crippen molar-refractivity contribution < 1.29 is 4.79 Å². The van der Waals surface area contributed by atoms with Crippen LogP contribution in [0, 0.1) is 0 Å². The van der Waals surface area contributed by atoms with Gasteiger partial charge in [0.15, 0.2) is 6.29 Å². The fourth-order valence-corrected chi connectivity index (χ4v) is 1.02. The topological polar surface area (TPSA) is 30.0 Å². The highest BCUT2D eigenvalue weighted by molar-refractivity contribution is 7.98. The summed E-state index contributed by atoms with van der Waals surface area (Å²) in [5.74, 6) is 0. The summed E-state index contributed by atoms with van der Waals surface area (Å²) in [6.07, 6.45) is 2.68. The Kier molecular flexibility index (Phi) is 2.45. The Labute approximate surface area is 63.7 Å². The zero-order chi connectivity index (χ0) is 7.40. The lowest BCUT2D eigenvalue weighted by atomic mass is 10.4. The van der Waals surface area contributed by atoms with Crippen LogP contribution in [0.15, 0.2) is 23.2 Å². The molecule has 0 aliphatic heterocycles. The fraction of sp³-hybridized carbons (Fsp3) is 0.143. The number of pyridine rings is 1. The third-order valence-corrected chi connectivity index (χ3v) is 1.72. The van der Waals surface area contributed by atoms with Crippen LogP contribution in [0.4, 0.5) is 0 Å². The fourth-order valence-electron chi connectivity index (χ4n) is 0.610. The van der Waals surface area contributed by atoms with E-state index < -0.39 is 0 Å². The predicted molar refractivity (Wildman–Crippen MR) is 41.4 cm³/mol. The van der Waals surface area contributed by atoms with Gasteiger partial charge in [0.2, 0.25) is 0 Å². The molecule has 0 aliphatic carbocycles. The first kappa shape index (κ1) is 7.28. The second kappa shape index (κ2) is 3.37. The van der Waals surface area contributed by atoms with Crippen molar-refractivity contribution in [3.63, 3.8) is 0 Å². The number of hydrogen-bond acceptors (Lipinski definition) is 3. The highest BCUT2D eigenvalue weighted by Gasteiger charge is 1.92. The molecule has 0 amide bonds. The van der Waals surface area contributed by atoms with E-state index in [9.17, 15) is 4.79 Å². The van der Waals surface area contributed by atoms with E-state index in [0.717, 1.165) is 11.3 Å². The number of nitrogens with zero attached hydrogens (tertiary/aromatic N) is 1. The van der Waals surface area contributed by atoms with Gasteiger partial charge in [-0.25, -0.2) is 4.98 Å². The third-order valence-electron chi connectivity index (χ3n) is 1.07. The van der Waals surface area contributed by atoms with E-state index in [2.05, 4.69) is 4.98 Å². The molecule has 10 heavy (non-hydrogen) atoms. The van der Waals surface area contributed by atoms with Gasteiger partial charge in [-0.1, -0.05) is 6.07 Å². The van der Waals surface area contributed by atoms with Crippen LogP contribution in [0.2, 0.25) is 0 Å². The smallest absolute Gasteiger partial charge is 0.168 e. The molecule has 0 saturated carbocycles. The number of aromatic nitrogens is 1. The van der Waals surface area contributed by atoms with Gasteiger partial charge in [-0.3, -0.25) is 4.79 Å². The van der Waals surface area contributed by atoms with Crippen molar-refractivity contribution in [2.75, 3.05) is 6.26 Å². The second-order valence-corrected chi connectivity index (χ2v) is 2.55. The Morgan fingerprint density at radius 1 is 1.60 bits per heavy atom. The molecule has 2 nitrogen and oxygen atoms in total. The Hall–Kier alpha value is -0.830. The van der Waals surface area contributed by atoms with E-state index >= 15 is 0 Å². The van der Waals surface area contributed by atoms with Gasteiger partial charge < -0.3 is 0 Å². The standard InChI is InChI=1S/C7H7NOS/c1-10-7-4-2-3-6(5-9)8-7/h2-5H,1H3. The average molecular weight is 153 g/mol. The molecule has 0 aliphatic rings. The van der Waals surface area contributed by atoms with Crippen molar-refractivity contribution in [2.45, 2.75) is 5.03 Å². The van der Waals surface area contributed by atoms with Gasteiger partial charge in [-0.2, -0.15) is 0 Å². The molecule has 0 aromatic carbocycles. The maximum absolute atomic E-state index is 10.2.